The molecule has 0 aliphatic heterocycles. The van der Waals surface area contributed by atoms with Gasteiger partial charge in [0.25, 0.3) is 20.0 Å². The maximum absolute atomic E-state index is 13.4. The van der Waals surface area contributed by atoms with Crippen LogP contribution in [0.15, 0.2) is 104 Å². The summed E-state index contributed by atoms with van der Waals surface area (Å²) in [4.78, 5) is 0.0921. The number of nitrogens with zero attached hydrogens (tertiary/aromatic N) is 2. The van der Waals surface area contributed by atoms with Gasteiger partial charge in [0.05, 0.1) is 21.2 Å². The molecule has 194 valence electrons. The lowest BCUT2D eigenvalue weighted by molar-refractivity contribution is 0.226. The predicted molar refractivity (Wildman–Crippen MR) is 149 cm³/mol. The molecular weight excluding hydrogens is 563 g/mol. The summed E-state index contributed by atoms with van der Waals surface area (Å²) in [6, 6.07) is 19.0. The molecule has 7 rings (SSSR count). The number of rotatable bonds is 4. The molecule has 4 atom stereocenters. The smallest absolute Gasteiger partial charge is 0.199 e. The SMILES string of the molecule is O=S(=O)(N=C1c2ccccc2C(=NS(=O)(=O)c2ccc(Cl)cc2)[C@H]2[C@H]1[C@@H]1C=C[C@@H]2CC1)c1ccc(Cl)cc1. The van der Waals surface area contributed by atoms with Crippen LogP contribution in [0.1, 0.15) is 24.0 Å². The van der Waals surface area contributed by atoms with Gasteiger partial charge in [0.1, 0.15) is 0 Å². The van der Waals surface area contributed by atoms with E-state index in [0.717, 1.165) is 12.8 Å². The van der Waals surface area contributed by atoms with Crippen LogP contribution >= 0.6 is 23.2 Å². The van der Waals surface area contributed by atoms with Crippen molar-refractivity contribution in [2.24, 2.45) is 32.5 Å². The van der Waals surface area contributed by atoms with Gasteiger partial charge in [0, 0.05) is 33.0 Å². The van der Waals surface area contributed by atoms with Crippen molar-refractivity contribution in [2.75, 3.05) is 0 Å². The fourth-order valence-electron chi connectivity index (χ4n) is 5.83. The number of fused-ring (bicyclic) bond motifs is 2. The summed E-state index contributed by atoms with van der Waals surface area (Å²) in [7, 11) is -8.10. The van der Waals surface area contributed by atoms with Gasteiger partial charge in [-0.15, -0.1) is 0 Å². The van der Waals surface area contributed by atoms with E-state index in [1.165, 1.54) is 48.5 Å². The quantitative estimate of drug-likeness (QED) is 0.342. The Morgan fingerprint density at radius 1 is 0.579 bits per heavy atom. The van der Waals surface area contributed by atoms with Crippen LogP contribution in [0.25, 0.3) is 0 Å². The first-order valence-electron chi connectivity index (χ1n) is 12.1. The first-order chi connectivity index (χ1) is 18.1. The van der Waals surface area contributed by atoms with E-state index < -0.39 is 20.0 Å². The highest BCUT2D eigenvalue weighted by molar-refractivity contribution is 7.90. The normalized spacial score (nSPS) is 26.4. The van der Waals surface area contributed by atoms with Crippen LogP contribution in [0.2, 0.25) is 10.0 Å². The van der Waals surface area contributed by atoms with E-state index in [4.69, 9.17) is 23.2 Å². The highest BCUT2D eigenvalue weighted by Gasteiger charge is 2.50. The average molecular weight is 586 g/mol. The van der Waals surface area contributed by atoms with Crippen molar-refractivity contribution < 1.29 is 16.8 Å². The van der Waals surface area contributed by atoms with Crippen LogP contribution in [-0.4, -0.2) is 28.3 Å². The molecule has 0 saturated heterocycles. The van der Waals surface area contributed by atoms with Crippen molar-refractivity contribution in [2.45, 2.75) is 22.6 Å². The molecule has 0 radical (unpaired) electrons. The van der Waals surface area contributed by atoms with Gasteiger partial charge in [0.15, 0.2) is 0 Å². The van der Waals surface area contributed by atoms with Gasteiger partial charge in [0.2, 0.25) is 0 Å². The lowest BCUT2D eigenvalue weighted by Gasteiger charge is -2.48. The summed E-state index contributed by atoms with van der Waals surface area (Å²) < 4.78 is 62.6. The van der Waals surface area contributed by atoms with E-state index in [1.54, 1.807) is 24.3 Å². The van der Waals surface area contributed by atoms with Crippen molar-refractivity contribution in [3.63, 3.8) is 0 Å². The maximum Gasteiger partial charge on any atom is 0.282 e. The van der Waals surface area contributed by atoms with Crippen LogP contribution in [0.5, 0.6) is 0 Å². The Hall–Kier alpha value is -2.78. The Balaban J connectivity index is 1.57. The largest absolute Gasteiger partial charge is 0.282 e. The van der Waals surface area contributed by atoms with E-state index in [0.29, 0.717) is 32.6 Å². The molecule has 0 amide bonds. The summed E-state index contributed by atoms with van der Waals surface area (Å²) in [5.74, 6) is -0.619. The van der Waals surface area contributed by atoms with Crippen molar-refractivity contribution >= 4 is 54.7 Å². The molecule has 10 heteroatoms. The number of hydrogen-bond donors (Lipinski definition) is 0. The third kappa shape index (κ3) is 4.43. The van der Waals surface area contributed by atoms with Gasteiger partial charge < -0.3 is 0 Å². The van der Waals surface area contributed by atoms with E-state index in [-0.39, 0.29) is 33.5 Å². The van der Waals surface area contributed by atoms with Crippen molar-refractivity contribution in [1.82, 2.24) is 0 Å². The second-order valence-electron chi connectivity index (χ2n) is 9.70. The molecule has 0 heterocycles. The zero-order valence-electron chi connectivity index (χ0n) is 19.9. The summed E-state index contributed by atoms with van der Waals surface area (Å²) in [5.41, 5.74) is 2.06. The number of hydrogen-bond acceptors (Lipinski definition) is 4. The number of benzene rings is 3. The highest BCUT2D eigenvalue weighted by Crippen LogP contribution is 2.51. The second kappa shape index (κ2) is 9.45. The topological polar surface area (TPSA) is 93.0 Å². The van der Waals surface area contributed by atoms with Gasteiger partial charge in [-0.1, -0.05) is 59.6 Å². The molecule has 0 spiro atoms. The molecule has 38 heavy (non-hydrogen) atoms. The molecule has 4 aliphatic carbocycles. The molecule has 2 bridgehead atoms. The van der Waals surface area contributed by atoms with Gasteiger partial charge in [-0.05, 0) is 73.2 Å². The van der Waals surface area contributed by atoms with Crippen LogP contribution in [-0.2, 0) is 20.0 Å². The minimum absolute atomic E-state index is 0.0148. The van der Waals surface area contributed by atoms with Crippen LogP contribution < -0.4 is 0 Å². The highest BCUT2D eigenvalue weighted by atomic mass is 35.5. The number of sulfonamides is 2. The lowest BCUT2D eigenvalue weighted by atomic mass is 9.55. The van der Waals surface area contributed by atoms with Crippen LogP contribution in [0.4, 0.5) is 0 Å². The first-order valence-corrected chi connectivity index (χ1v) is 15.8. The van der Waals surface area contributed by atoms with E-state index in [2.05, 4.69) is 20.9 Å². The lowest BCUT2D eigenvalue weighted by Crippen LogP contribution is -2.49. The molecule has 6 nitrogen and oxygen atoms in total. The molecular formula is C28H22Cl2N2O4S2. The summed E-state index contributed by atoms with van der Waals surface area (Å²) in [6.45, 7) is 0. The van der Waals surface area contributed by atoms with E-state index in [1.807, 2.05) is 0 Å². The van der Waals surface area contributed by atoms with Gasteiger partial charge in [-0.2, -0.15) is 25.6 Å². The van der Waals surface area contributed by atoms with Gasteiger partial charge >= 0.3 is 0 Å². The summed E-state index contributed by atoms with van der Waals surface area (Å²) in [5, 5.41) is 0.856. The molecule has 1 saturated carbocycles. The Morgan fingerprint density at radius 3 is 1.29 bits per heavy atom. The molecule has 0 N–H and O–H groups in total. The summed E-state index contributed by atoms with van der Waals surface area (Å²) in [6.07, 6.45) is 5.95. The third-order valence-electron chi connectivity index (χ3n) is 7.52. The molecule has 0 unspecified atom stereocenters. The fraction of sp³-hybridized carbons (Fsp3) is 0.214. The second-order valence-corrected chi connectivity index (χ2v) is 13.8. The Kier molecular flexibility index (Phi) is 6.34. The fourth-order valence-corrected chi connectivity index (χ4v) is 8.21. The summed E-state index contributed by atoms with van der Waals surface area (Å²) >= 11 is 11.9. The maximum atomic E-state index is 13.4. The molecule has 1 fully saturated rings. The molecule has 3 aromatic rings. The Bertz CT molecular complexity index is 1600. The number of allylic oxidation sites excluding steroid dienone is 2. The van der Waals surface area contributed by atoms with E-state index >= 15 is 0 Å². The van der Waals surface area contributed by atoms with E-state index in [9.17, 15) is 16.8 Å². The van der Waals surface area contributed by atoms with Crippen LogP contribution in [0.3, 0.4) is 0 Å². The minimum atomic E-state index is -4.05. The zero-order chi connectivity index (χ0) is 26.7. The molecule has 3 aromatic carbocycles. The first kappa shape index (κ1) is 25.5. The average Bonchev–Trinajstić information content (AvgIpc) is 2.91. The van der Waals surface area contributed by atoms with Crippen molar-refractivity contribution in [1.29, 1.82) is 0 Å². The monoisotopic (exact) mass is 584 g/mol. The standard InChI is InChI=1S/C28H22Cl2N2O4S2/c29-19-9-13-21(14-10-19)37(33,34)31-27-23-3-1-2-4-24(23)28(26-18-7-5-17(6-8-18)25(26)27)32-38(35,36)22-15-11-20(30)12-16-22/h1-5,7,9-18,25-26H,6,8H2/t17-,18-,25-,26-/m1/s1. The predicted octanol–water partition coefficient (Wildman–Crippen LogP) is 6.19. The Morgan fingerprint density at radius 2 is 0.947 bits per heavy atom. The molecule has 0 aromatic heterocycles. The third-order valence-corrected chi connectivity index (χ3v) is 10.6. The number of halogens is 2. The Labute approximate surface area is 231 Å². The van der Waals surface area contributed by atoms with Gasteiger partial charge in [-0.3, -0.25) is 0 Å². The van der Waals surface area contributed by atoms with Crippen molar-refractivity contribution in [3.8, 4) is 0 Å². The van der Waals surface area contributed by atoms with Gasteiger partial charge in [-0.25, -0.2) is 0 Å². The zero-order valence-corrected chi connectivity index (χ0v) is 23.1. The minimum Gasteiger partial charge on any atom is -0.199 e. The van der Waals surface area contributed by atoms with Crippen LogP contribution in [0, 0.1) is 23.7 Å². The van der Waals surface area contributed by atoms with Crippen molar-refractivity contribution in [3.05, 3.63) is 106 Å². The molecule has 4 aliphatic rings.